The molecule has 0 aliphatic heterocycles. The van der Waals surface area contributed by atoms with Crippen molar-refractivity contribution in [2.45, 2.75) is 32.6 Å². The number of aliphatic carboxylic acids is 3. The third-order valence-electron chi connectivity index (χ3n) is 2.85. The van der Waals surface area contributed by atoms with Crippen LogP contribution in [0.25, 0.3) is 0 Å². The van der Waals surface area contributed by atoms with Gasteiger partial charge >= 0.3 is 17.9 Å². The third-order valence-corrected chi connectivity index (χ3v) is 2.85. The second-order valence-corrected chi connectivity index (χ2v) is 4.36. The Morgan fingerprint density at radius 3 is 2.05 bits per heavy atom. The Balaban J connectivity index is 4.54. The number of carboxylic acids is 3. The molecule has 106 valence electrons. The van der Waals surface area contributed by atoms with Gasteiger partial charge in [0.2, 0.25) is 0 Å². The minimum absolute atomic E-state index is 0.0604. The number of hydrogen-bond acceptors (Lipinski definition) is 3. The summed E-state index contributed by atoms with van der Waals surface area (Å²) >= 11 is 0. The van der Waals surface area contributed by atoms with E-state index in [-0.39, 0.29) is 24.8 Å². The molecule has 0 aromatic rings. The van der Waals surface area contributed by atoms with E-state index in [1.165, 1.54) is 12.2 Å². The summed E-state index contributed by atoms with van der Waals surface area (Å²) in [5.74, 6) is -3.85. The summed E-state index contributed by atoms with van der Waals surface area (Å²) in [6.07, 6.45) is 3.67. The molecule has 0 bridgehead atoms. The molecule has 0 atom stereocenters. The van der Waals surface area contributed by atoms with Crippen LogP contribution in [0.1, 0.15) is 32.6 Å². The van der Waals surface area contributed by atoms with Crippen molar-refractivity contribution in [3.63, 3.8) is 0 Å². The van der Waals surface area contributed by atoms with Gasteiger partial charge in [0.25, 0.3) is 0 Å². The first-order chi connectivity index (χ1) is 8.75. The Morgan fingerprint density at radius 2 is 1.68 bits per heavy atom. The van der Waals surface area contributed by atoms with E-state index in [1.807, 2.05) is 0 Å². The smallest absolute Gasteiger partial charge is 0.331 e. The Hall–Kier alpha value is -2.11. The molecular weight excluding hydrogens is 252 g/mol. The topological polar surface area (TPSA) is 112 Å². The zero-order valence-electron chi connectivity index (χ0n) is 10.8. The Labute approximate surface area is 111 Å². The molecule has 3 N–H and O–H groups in total. The lowest BCUT2D eigenvalue weighted by Crippen LogP contribution is -2.36. The van der Waals surface area contributed by atoms with Crippen LogP contribution in [-0.2, 0) is 14.4 Å². The fourth-order valence-corrected chi connectivity index (χ4v) is 1.45. The molecule has 19 heavy (non-hydrogen) atoms. The summed E-state index contributed by atoms with van der Waals surface area (Å²) in [6.45, 7) is 4.58. The van der Waals surface area contributed by atoms with E-state index in [2.05, 4.69) is 6.58 Å². The summed E-state index contributed by atoms with van der Waals surface area (Å²) in [5, 5.41) is 26.6. The van der Waals surface area contributed by atoms with Crippen LogP contribution in [-0.4, -0.2) is 33.2 Å². The van der Waals surface area contributed by atoms with Gasteiger partial charge in [-0.3, -0.25) is 9.59 Å². The van der Waals surface area contributed by atoms with E-state index >= 15 is 0 Å². The van der Waals surface area contributed by atoms with Crippen LogP contribution in [0.15, 0.2) is 24.3 Å². The summed E-state index contributed by atoms with van der Waals surface area (Å²) in [6, 6.07) is 0. The summed E-state index contributed by atoms with van der Waals surface area (Å²) < 4.78 is 0. The van der Waals surface area contributed by atoms with E-state index in [1.54, 1.807) is 0 Å². The van der Waals surface area contributed by atoms with E-state index in [4.69, 9.17) is 15.3 Å². The Bertz CT molecular complexity index is 393. The number of hydrogen-bond donors (Lipinski definition) is 3. The Kier molecular flexibility index (Phi) is 6.54. The average molecular weight is 270 g/mol. The fourth-order valence-electron chi connectivity index (χ4n) is 1.45. The molecule has 0 aromatic carbocycles. The largest absolute Gasteiger partial charge is 0.480 e. The first kappa shape index (κ1) is 16.9. The first-order valence-electron chi connectivity index (χ1n) is 5.75. The highest BCUT2D eigenvalue weighted by Crippen LogP contribution is 2.25. The van der Waals surface area contributed by atoms with Gasteiger partial charge in [0.05, 0.1) is 0 Å². The maximum Gasteiger partial charge on any atom is 0.331 e. The maximum atomic E-state index is 10.9. The molecule has 0 spiro atoms. The molecule has 6 nitrogen and oxygen atoms in total. The summed E-state index contributed by atoms with van der Waals surface area (Å²) in [5.41, 5.74) is -1.67. The van der Waals surface area contributed by atoms with Crippen LogP contribution in [0, 0.1) is 5.41 Å². The second-order valence-electron chi connectivity index (χ2n) is 4.36. The van der Waals surface area contributed by atoms with E-state index in [0.717, 1.165) is 6.92 Å². The van der Waals surface area contributed by atoms with Crippen LogP contribution >= 0.6 is 0 Å². The second kappa shape index (κ2) is 7.35. The normalized spacial score (nSPS) is 11.9. The number of unbranched alkanes of at least 4 members (excludes halogenated alkanes) is 1. The quantitative estimate of drug-likeness (QED) is 0.255. The molecule has 0 rings (SSSR count). The lowest BCUT2D eigenvalue weighted by atomic mass is 9.85. The van der Waals surface area contributed by atoms with Gasteiger partial charge in [-0.15, -0.1) is 6.58 Å². The third kappa shape index (κ3) is 4.95. The molecule has 0 saturated carbocycles. The first-order valence-corrected chi connectivity index (χ1v) is 5.75. The highest BCUT2D eigenvalue weighted by atomic mass is 16.4. The zero-order chi connectivity index (χ0) is 15.1. The molecule has 0 amide bonds. The van der Waals surface area contributed by atoms with Gasteiger partial charge in [0, 0.05) is 5.57 Å². The average Bonchev–Trinajstić information content (AvgIpc) is 2.31. The number of carboxylic acid groups (broad SMARTS) is 3. The van der Waals surface area contributed by atoms with Gasteiger partial charge < -0.3 is 15.3 Å². The van der Waals surface area contributed by atoms with Gasteiger partial charge in [-0.25, -0.2) is 4.79 Å². The molecule has 0 aromatic heterocycles. The molecule has 0 aliphatic carbocycles. The van der Waals surface area contributed by atoms with Crippen molar-refractivity contribution in [2.75, 3.05) is 0 Å². The van der Waals surface area contributed by atoms with Crippen molar-refractivity contribution in [3.05, 3.63) is 24.3 Å². The highest BCUT2D eigenvalue weighted by molar-refractivity contribution is 5.97. The van der Waals surface area contributed by atoms with Gasteiger partial charge in [0.1, 0.15) is 0 Å². The summed E-state index contributed by atoms with van der Waals surface area (Å²) in [7, 11) is 0. The number of rotatable bonds is 9. The van der Waals surface area contributed by atoms with Crippen LogP contribution in [0.4, 0.5) is 0 Å². The van der Waals surface area contributed by atoms with Crippen molar-refractivity contribution < 1.29 is 29.7 Å². The standard InChI is InChI=1S/C13H18O6/c1-3-6-9(10(14)15)7-4-5-8-13(2,11(16)17)12(18)19/h3,7H,1,4-6,8H2,2H3,(H,14,15)(H,16,17)(H,18,19). The molecular formula is C13H18O6. The van der Waals surface area contributed by atoms with Crippen LogP contribution in [0.2, 0.25) is 0 Å². The van der Waals surface area contributed by atoms with Gasteiger partial charge in [-0.05, 0) is 32.6 Å². The molecule has 0 fully saturated rings. The predicted octanol–water partition coefficient (Wildman–Crippen LogP) is 1.92. The van der Waals surface area contributed by atoms with Gasteiger partial charge in [0.15, 0.2) is 5.41 Å². The van der Waals surface area contributed by atoms with Crippen LogP contribution < -0.4 is 0 Å². The zero-order valence-corrected chi connectivity index (χ0v) is 10.8. The Morgan fingerprint density at radius 1 is 1.16 bits per heavy atom. The molecule has 0 heterocycles. The van der Waals surface area contributed by atoms with Crippen molar-refractivity contribution >= 4 is 17.9 Å². The van der Waals surface area contributed by atoms with Gasteiger partial charge in [-0.2, -0.15) is 0 Å². The lowest BCUT2D eigenvalue weighted by molar-refractivity contribution is -0.163. The molecule has 0 unspecified atom stereocenters. The van der Waals surface area contributed by atoms with Crippen molar-refractivity contribution in [1.82, 2.24) is 0 Å². The number of carbonyl (C=O) groups is 3. The van der Waals surface area contributed by atoms with Crippen molar-refractivity contribution in [3.8, 4) is 0 Å². The fraction of sp³-hybridized carbons (Fsp3) is 0.462. The van der Waals surface area contributed by atoms with Crippen molar-refractivity contribution in [2.24, 2.45) is 5.41 Å². The summed E-state index contributed by atoms with van der Waals surface area (Å²) in [4.78, 5) is 32.6. The minimum Gasteiger partial charge on any atom is -0.480 e. The minimum atomic E-state index is -1.84. The predicted molar refractivity (Wildman–Crippen MR) is 67.8 cm³/mol. The monoisotopic (exact) mass is 270 g/mol. The lowest BCUT2D eigenvalue weighted by Gasteiger charge is -2.18. The molecule has 0 saturated heterocycles. The van der Waals surface area contributed by atoms with Crippen LogP contribution in [0.5, 0.6) is 0 Å². The highest BCUT2D eigenvalue weighted by Gasteiger charge is 2.40. The molecule has 0 aliphatic rings. The molecule has 0 radical (unpaired) electrons. The number of allylic oxidation sites excluding steroid dienone is 2. The van der Waals surface area contributed by atoms with Crippen LogP contribution in [0.3, 0.4) is 0 Å². The van der Waals surface area contributed by atoms with Gasteiger partial charge in [-0.1, -0.05) is 12.2 Å². The SMILES string of the molecule is C=CCC(=CCCCC(C)(C(=O)O)C(=O)O)C(=O)O. The van der Waals surface area contributed by atoms with E-state index < -0.39 is 23.3 Å². The van der Waals surface area contributed by atoms with Crippen molar-refractivity contribution in [1.29, 1.82) is 0 Å². The molecule has 6 heteroatoms. The van der Waals surface area contributed by atoms with E-state index in [0.29, 0.717) is 6.42 Å². The van der Waals surface area contributed by atoms with E-state index in [9.17, 15) is 14.4 Å². The maximum absolute atomic E-state index is 10.9.